The van der Waals surface area contributed by atoms with Crippen LogP contribution in [0.5, 0.6) is 0 Å². The monoisotopic (exact) mass is 395 g/mol. The summed E-state index contributed by atoms with van der Waals surface area (Å²) in [5.41, 5.74) is 2.83. The molecule has 0 aliphatic rings. The summed E-state index contributed by atoms with van der Waals surface area (Å²) in [7, 11) is 0. The van der Waals surface area contributed by atoms with Gasteiger partial charge in [-0.05, 0) is 49.6 Å². The third-order valence-electron chi connectivity index (χ3n) is 4.12. The second kappa shape index (κ2) is 9.01. The lowest BCUT2D eigenvalue weighted by Crippen LogP contribution is -2.23. The zero-order chi connectivity index (χ0) is 20.1. The van der Waals surface area contributed by atoms with Crippen molar-refractivity contribution in [3.63, 3.8) is 0 Å². The largest absolute Gasteiger partial charge is 0.325 e. The van der Waals surface area contributed by atoms with Crippen LogP contribution in [0.15, 0.2) is 53.9 Å². The number of benzene rings is 1. The first kappa shape index (κ1) is 20.1. The zero-order valence-electron chi connectivity index (χ0n) is 16.6. The number of anilines is 1. The maximum Gasteiger partial charge on any atom is 0.237 e. The fourth-order valence-corrected chi connectivity index (χ4v) is 3.65. The van der Waals surface area contributed by atoms with Crippen LogP contribution in [0.3, 0.4) is 0 Å². The van der Waals surface area contributed by atoms with Crippen molar-refractivity contribution in [3.05, 3.63) is 54.4 Å². The van der Waals surface area contributed by atoms with E-state index in [0.29, 0.717) is 5.92 Å². The van der Waals surface area contributed by atoms with Crippen LogP contribution in [0.25, 0.3) is 11.4 Å². The van der Waals surface area contributed by atoms with Crippen molar-refractivity contribution >= 4 is 23.4 Å². The lowest BCUT2D eigenvalue weighted by Gasteiger charge is -2.15. The van der Waals surface area contributed by atoms with Crippen LogP contribution in [0.4, 0.5) is 5.69 Å². The lowest BCUT2D eigenvalue weighted by molar-refractivity contribution is -0.115. The molecule has 7 heteroatoms. The van der Waals surface area contributed by atoms with E-state index >= 15 is 0 Å². The van der Waals surface area contributed by atoms with E-state index in [4.69, 9.17) is 0 Å². The molecule has 0 unspecified atom stereocenters. The molecule has 0 saturated heterocycles. The van der Waals surface area contributed by atoms with Crippen molar-refractivity contribution in [2.45, 2.75) is 44.6 Å². The SMILES string of the molecule is Cc1cccc(NC(=O)[C@H](C)Sc2nnc(-c3cccnc3)n2CC(C)C)c1. The maximum absolute atomic E-state index is 12.6. The van der Waals surface area contributed by atoms with Crippen LogP contribution in [0.1, 0.15) is 26.3 Å². The summed E-state index contributed by atoms with van der Waals surface area (Å²) >= 11 is 1.42. The third kappa shape index (κ3) is 4.98. The van der Waals surface area contributed by atoms with E-state index in [9.17, 15) is 4.79 Å². The minimum atomic E-state index is -0.308. The van der Waals surface area contributed by atoms with Crippen LogP contribution < -0.4 is 5.32 Å². The Morgan fingerprint density at radius 2 is 2.00 bits per heavy atom. The molecule has 2 aromatic heterocycles. The fourth-order valence-electron chi connectivity index (χ4n) is 2.79. The Kier molecular flexibility index (Phi) is 6.46. The fraction of sp³-hybridized carbons (Fsp3) is 0.333. The van der Waals surface area contributed by atoms with Crippen LogP contribution in [0, 0.1) is 12.8 Å². The van der Waals surface area contributed by atoms with E-state index in [1.165, 1.54) is 11.8 Å². The summed E-state index contributed by atoms with van der Waals surface area (Å²) in [6.07, 6.45) is 3.52. The molecule has 1 aromatic carbocycles. The summed E-state index contributed by atoms with van der Waals surface area (Å²) in [5.74, 6) is 1.13. The highest BCUT2D eigenvalue weighted by Gasteiger charge is 2.21. The number of carbonyl (C=O) groups excluding carboxylic acids is 1. The van der Waals surface area contributed by atoms with Gasteiger partial charge in [-0.1, -0.05) is 37.7 Å². The Hall–Kier alpha value is -2.67. The standard InChI is InChI=1S/C21H25N5OS/c1-14(2)13-26-19(17-8-6-10-22-12-17)24-25-21(26)28-16(4)20(27)23-18-9-5-7-15(3)11-18/h5-12,14,16H,13H2,1-4H3,(H,23,27)/t16-/m0/s1. The quantitative estimate of drug-likeness (QED) is 0.599. The molecular formula is C21H25N5OS. The van der Waals surface area contributed by atoms with Gasteiger partial charge in [-0.15, -0.1) is 10.2 Å². The Morgan fingerprint density at radius 1 is 1.18 bits per heavy atom. The Balaban J connectivity index is 1.79. The summed E-state index contributed by atoms with van der Waals surface area (Å²) in [6.45, 7) is 8.95. The predicted octanol–water partition coefficient (Wildman–Crippen LogP) is 4.42. The van der Waals surface area contributed by atoms with Gasteiger partial charge in [-0.2, -0.15) is 0 Å². The van der Waals surface area contributed by atoms with Gasteiger partial charge < -0.3 is 9.88 Å². The van der Waals surface area contributed by atoms with Crippen LogP contribution in [0.2, 0.25) is 0 Å². The van der Waals surface area contributed by atoms with Crippen molar-refractivity contribution in [1.29, 1.82) is 0 Å². The van der Waals surface area contributed by atoms with Gasteiger partial charge in [0.1, 0.15) is 0 Å². The van der Waals surface area contributed by atoms with E-state index < -0.39 is 0 Å². The van der Waals surface area contributed by atoms with Crippen LogP contribution in [-0.2, 0) is 11.3 Å². The van der Waals surface area contributed by atoms with Crippen molar-refractivity contribution in [3.8, 4) is 11.4 Å². The van der Waals surface area contributed by atoms with E-state index in [1.54, 1.807) is 12.4 Å². The van der Waals surface area contributed by atoms with Gasteiger partial charge in [0.15, 0.2) is 11.0 Å². The van der Waals surface area contributed by atoms with Gasteiger partial charge in [-0.25, -0.2) is 0 Å². The van der Waals surface area contributed by atoms with Gasteiger partial charge in [0, 0.05) is 30.2 Å². The average molecular weight is 396 g/mol. The molecule has 6 nitrogen and oxygen atoms in total. The smallest absolute Gasteiger partial charge is 0.237 e. The van der Waals surface area contributed by atoms with E-state index in [2.05, 4.69) is 38.9 Å². The number of nitrogens with one attached hydrogen (secondary N) is 1. The zero-order valence-corrected chi connectivity index (χ0v) is 17.4. The molecule has 0 saturated carbocycles. The molecule has 0 aliphatic carbocycles. The molecule has 0 spiro atoms. The average Bonchev–Trinajstić information content (AvgIpc) is 3.04. The number of aromatic nitrogens is 4. The second-order valence-corrected chi connectivity index (χ2v) is 8.48. The molecule has 28 heavy (non-hydrogen) atoms. The predicted molar refractivity (Wildman–Crippen MR) is 113 cm³/mol. The Labute approximate surface area is 169 Å². The molecule has 1 amide bonds. The Bertz CT molecular complexity index is 939. The van der Waals surface area contributed by atoms with E-state index in [-0.39, 0.29) is 11.2 Å². The Morgan fingerprint density at radius 3 is 2.68 bits per heavy atom. The summed E-state index contributed by atoms with van der Waals surface area (Å²) in [4.78, 5) is 16.8. The number of hydrogen-bond donors (Lipinski definition) is 1. The molecule has 0 bridgehead atoms. The minimum Gasteiger partial charge on any atom is -0.325 e. The molecule has 0 radical (unpaired) electrons. The number of nitrogens with zero attached hydrogens (tertiary/aromatic N) is 4. The number of hydrogen-bond acceptors (Lipinski definition) is 5. The number of aryl methyl sites for hydroxylation is 1. The molecule has 3 rings (SSSR count). The highest BCUT2D eigenvalue weighted by Crippen LogP contribution is 2.28. The molecular weight excluding hydrogens is 370 g/mol. The molecule has 0 fully saturated rings. The normalized spacial score (nSPS) is 12.2. The number of rotatable bonds is 7. The molecule has 1 N–H and O–H groups in total. The van der Waals surface area contributed by atoms with Crippen molar-refractivity contribution in [2.75, 3.05) is 5.32 Å². The van der Waals surface area contributed by atoms with E-state index in [0.717, 1.165) is 34.3 Å². The summed E-state index contributed by atoms with van der Waals surface area (Å²) in [6, 6.07) is 11.6. The van der Waals surface area contributed by atoms with Gasteiger partial charge in [0.25, 0.3) is 0 Å². The van der Waals surface area contributed by atoms with E-state index in [1.807, 2.05) is 50.2 Å². The first-order valence-electron chi connectivity index (χ1n) is 9.32. The van der Waals surface area contributed by atoms with Gasteiger partial charge in [0.05, 0.1) is 5.25 Å². The number of pyridine rings is 1. The highest BCUT2D eigenvalue weighted by molar-refractivity contribution is 8.00. The topological polar surface area (TPSA) is 72.7 Å². The second-order valence-electron chi connectivity index (χ2n) is 7.17. The molecule has 146 valence electrons. The summed E-state index contributed by atoms with van der Waals surface area (Å²) in [5, 5.41) is 12.1. The van der Waals surface area contributed by atoms with Crippen molar-refractivity contribution in [1.82, 2.24) is 19.7 Å². The molecule has 3 aromatic rings. The van der Waals surface area contributed by atoms with Crippen LogP contribution >= 0.6 is 11.8 Å². The van der Waals surface area contributed by atoms with Crippen LogP contribution in [-0.4, -0.2) is 30.9 Å². The number of carbonyl (C=O) groups is 1. The molecule has 0 aliphatic heterocycles. The third-order valence-corrected chi connectivity index (χ3v) is 5.20. The van der Waals surface area contributed by atoms with Gasteiger partial charge in [0.2, 0.25) is 5.91 Å². The maximum atomic E-state index is 12.6. The molecule has 2 heterocycles. The first-order chi connectivity index (χ1) is 13.4. The summed E-state index contributed by atoms with van der Waals surface area (Å²) < 4.78 is 2.07. The first-order valence-corrected chi connectivity index (χ1v) is 10.2. The molecule has 1 atom stereocenters. The minimum absolute atomic E-state index is 0.0578. The number of amides is 1. The highest BCUT2D eigenvalue weighted by atomic mass is 32.2. The van der Waals surface area contributed by atoms with Crippen molar-refractivity contribution < 1.29 is 4.79 Å². The van der Waals surface area contributed by atoms with Gasteiger partial charge in [-0.3, -0.25) is 9.78 Å². The lowest BCUT2D eigenvalue weighted by atomic mass is 10.2. The van der Waals surface area contributed by atoms with Gasteiger partial charge >= 0.3 is 0 Å². The van der Waals surface area contributed by atoms with Crippen molar-refractivity contribution in [2.24, 2.45) is 5.92 Å². The number of thioether (sulfide) groups is 1.